The molecular formula is C46H35Cl2F6SiZr. The van der Waals surface area contributed by atoms with Crippen molar-refractivity contribution in [3.63, 3.8) is 0 Å². The average Bonchev–Trinajstić information content (AvgIpc) is 3.79. The standard InChI is InChI=1S/2C22H14F3.C2H7Si.2ClH.Zr/c2*23-22(24,25)19-11-9-16(10-12-19)20-8-4-7-17-13-18(14-21(17)20)15-5-2-1-3-6-15;1-3-2;;;/h2*1-14H;3H,1-2H3;2*1H;/q;;;;;+2/p-2. The van der Waals surface area contributed by atoms with Gasteiger partial charge >= 0.3 is 333 Å². The second-order valence-electron chi connectivity index (χ2n) is 14.9. The average molecular weight is 892 g/mol. The van der Waals surface area contributed by atoms with Gasteiger partial charge in [-0.2, -0.15) is 0 Å². The molecule has 56 heavy (non-hydrogen) atoms. The SMILES string of the molecule is C[SiH](C)[Zr]([Cl])([Cl])([CH]1C(c2ccccc2)=Cc2c(-c3ccc(C(F)(F)F)cc3)cccc21)[CH]1C(c2ccccc2)=Cc2c(-c3ccc(C(F)(F)F)cc3)cccc21. The first-order chi connectivity index (χ1) is 26.6. The minimum atomic E-state index is -5.50. The van der Waals surface area contributed by atoms with Crippen molar-refractivity contribution in [2.75, 3.05) is 0 Å². The normalized spacial score (nSPS) is 17.5. The van der Waals surface area contributed by atoms with Crippen molar-refractivity contribution in [2.45, 2.75) is 32.7 Å². The molecule has 0 bridgehead atoms. The van der Waals surface area contributed by atoms with E-state index in [9.17, 15) is 26.3 Å². The molecule has 0 fully saturated rings. The van der Waals surface area contributed by atoms with E-state index in [2.05, 4.69) is 37.4 Å². The van der Waals surface area contributed by atoms with Crippen LogP contribution in [0.2, 0.25) is 13.1 Å². The van der Waals surface area contributed by atoms with E-state index in [1.165, 1.54) is 24.3 Å². The van der Waals surface area contributed by atoms with Crippen molar-refractivity contribution >= 4 is 46.2 Å². The van der Waals surface area contributed by atoms with Gasteiger partial charge in [0.1, 0.15) is 0 Å². The second-order valence-corrected chi connectivity index (χ2v) is 57.5. The molecule has 0 radical (unpaired) electrons. The first kappa shape index (κ1) is 38.9. The predicted molar refractivity (Wildman–Crippen MR) is 218 cm³/mol. The van der Waals surface area contributed by atoms with Gasteiger partial charge in [0.25, 0.3) is 0 Å². The summed E-state index contributed by atoms with van der Waals surface area (Å²) in [5.74, 6) is -2.09. The summed E-state index contributed by atoms with van der Waals surface area (Å²) >= 11 is -5.50. The van der Waals surface area contributed by atoms with Gasteiger partial charge in [-0.15, -0.1) is 0 Å². The zero-order valence-corrected chi connectivity index (χ0v) is 35.4. The molecule has 0 N–H and O–H groups in total. The number of halogens is 8. The van der Waals surface area contributed by atoms with Crippen LogP contribution in [0.4, 0.5) is 26.3 Å². The molecule has 8 rings (SSSR count). The van der Waals surface area contributed by atoms with Crippen molar-refractivity contribution in [1.29, 1.82) is 0 Å². The van der Waals surface area contributed by atoms with E-state index >= 15 is 0 Å². The van der Waals surface area contributed by atoms with Crippen LogP contribution in [-0.2, 0) is 27.9 Å². The molecule has 6 aromatic carbocycles. The number of rotatable bonds is 7. The quantitative estimate of drug-likeness (QED) is 0.111. The van der Waals surface area contributed by atoms with Crippen LogP contribution in [0.3, 0.4) is 0 Å². The van der Waals surface area contributed by atoms with E-state index in [4.69, 9.17) is 17.0 Å². The molecule has 0 saturated carbocycles. The number of allylic oxidation sites excluding steroid dienone is 2. The monoisotopic (exact) mass is 889 g/mol. The third kappa shape index (κ3) is 6.51. The molecule has 0 aliphatic heterocycles. The molecule has 283 valence electrons. The van der Waals surface area contributed by atoms with Gasteiger partial charge < -0.3 is 0 Å². The molecule has 2 atom stereocenters. The molecule has 0 heterocycles. The van der Waals surface area contributed by atoms with Crippen molar-refractivity contribution in [3.05, 3.63) is 190 Å². The van der Waals surface area contributed by atoms with E-state index in [-0.39, 0.29) is 0 Å². The van der Waals surface area contributed by atoms with Gasteiger partial charge in [-0.05, 0) is 0 Å². The Hall–Kier alpha value is -3.94. The zero-order valence-electron chi connectivity index (χ0n) is 30.3. The summed E-state index contributed by atoms with van der Waals surface area (Å²) in [7, 11) is 17.5. The van der Waals surface area contributed by atoms with Crippen LogP contribution in [0.15, 0.2) is 146 Å². The Morgan fingerprint density at radius 3 is 1.12 bits per heavy atom. The Balaban J connectivity index is 1.37. The molecule has 6 aromatic rings. The van der Waals surface area contributed by atoms with Gasteiger partial charge in [0.05, 0.1) is 0 Å². The Kier molecular flexibility index (Phi) is 9.84. The summed E-state index contributed by atoms with van der Waals surface area (Å²) < 4.78 is 80.8. The maximum absolute atomic E-state index is 13.6. The van der Waals surface area contributed by atoms with E-state index < -0.39 is 52.2 Å². The van der Waals surface area contributed by atoms with Crippen LogP contribution in [0.5, 0.6) is 0 Å². The van der Waals surface area contributed by atoms with Crippen LogP contribution in [-0.4, -0.2) is 5.92 Å². The Morgan fingerprint density at radius 1 is 0.446 bits per heavy atom. The first-order valence-corrected chi connectivity index (χ1v) is 34.6. The molecule has 0 aromatic heterocycles. The van der Waals surface area contributed by atoms with Crippen LogP contribution in [0, 0.1) is 0 Å². The van der Waals surface area contributed by atoms with Gasteiger partial charge in [-0.25, -0.2) is 0 Å². The number of hydrogen-bond acceptors (Lipinski definition) is 0. The molecule has 0 amide bonds. The number of benzene rings is 6. The minimum absolute atomic E-state index is 0.393. The number of alkyl halides is 6. The summed E-state index contributed by atoms with van der Waals surface area (Å²) in [5, 5.41) is 0. The number of hydrogen-bond donors (Lipinski definition) is 0. The van der Waals surface area contributed by atoms with Crippen molar-refractivity contribution in [1.82, 2.24) is 0 Å². The molecule has 0 saturated heterocycles. The van der Waals surface area contributed by atoms with Crippen molar-refractivity contribution in [2.24, 2.45) is 0 Å². The van der Waals surface area contributed by atoms with Crippen molar-refractivity contribution < 1.29 is 41.9 Å². The topological polar surface area (TPSA) is 0 Å². The van der Waals surface area contributed by atoms with Crippen LogP contribution in [0.25, 0.3) is 45.6 Å². The fraction of sp³-hybridized carbons (Fsp3) is 0.130. The zero-order chi connectivity index (χ0) is 39.6. The van der Waals surface area contributed by atoms with E-state index in [1.807, 2.05) is 84.9 Å². The van der Waals surface area contributed by atoms with Gasteiger partial charge in [0.2, 0.25) is 0 Å². The van der Waals surface area contributed by atoms with Gasteiger partial charge in [0, 0.05) is 0 Å². The van der Waals surface area contributed by atoms with Crippen LogP contribution >= 0.6 is 17.0 Å². The maximum atomic E-state index is 13.6. The second kappa shape index (κ2) is 14.2. The Morgan fingerprint density at radius 2 is 0.804 bits per heavy atom. The van der Waals surface area contributed by atoms with E-state index in [0.717, 1.165) is 79.9 Å². The molecule has 2 aliphatic carbocycles. The van der Waals surface area contributed by atoms with E-state index in [0.29, 0.717) is 11.1 Å². The number of fused-ring (bicyclic) bond motifs is 2. The molecule has 2 unspecified atom stereocenters. The van der Waals surface area contributed by atoms with Gasteiger partial charge in [0.15, 0.2) is 0 Å². The third-order valence-electron chi connectivity index (χ3n) is 11.6. The Bertz CT molecular complexity index is 2340. The molecule has 0 spiro atoms. The van der Waals surface area contributed by atoms with Gasteiger partial charge in [-0.3, -0.25) is 0 Å². The summed E-state index contributed by atoms with van der Waals surface area (Å²) in [6.07, 6.45) is -4.65. The first-order valence-electron chi connectivity index (χ1n) is 18.3. The fourth-order valence-corrected chi connectivity index (χ4v) is 38.9. The van der Waals surface area contributed by atoms with E-state index in [1.54, 1.807) is 0 Å². The Labute approximate surface area is 330 Å². The van der Waals surface area contributed by atoms with Crippen LogP contribution < -0.4 is 0 Å². The summed E-state index contributed by atoms with van der Waals surface area (Å²) in [6.45, 7) is 4.46. The third-order valence-corrected chi connectivity index (χ3v) is 63.1. The predicted octanol–water partition coefficient (Wildman–Crippen LogP) is 14.9. The molecule has 2 aliphatic rings. The van der Waals surface area contributed by atoms with Crippen LogP contribution in [0.1, 0.15) is 51.8 Å². The summed E-state index contributed by atoms with van der Waals surface area (Å²) in [5.41, 5.74) is 9.02. The summed E-state index contributed by atoms with van der Waals surface area (Å²) in [6, 6.07) is 42.3. The van der Waals surface area contributed by atoms with Gasteiger partial charge in [-0.1, -0.05) is 0 Å². The molecular weight excluding hydrogens is 857 g/mol. The summed E-state index contributed by atoms with van der Waals surface area (Å²) in [4.78, 5) is 0. The van der Waals surface area contributed by atoms with Crippen molar-refractivity contribution in [3.8, 4) is 22.3 Å². The fourth-order valence-electron chi connectivity index (χ4n) is 8.77. The molecule has 0 nitrogen and oxygen atoms in total. The molecule has 10 heteroatoms.